The van der Waals surface area contributed by atoms with Gasteiger partial charge in [0, 0.05) is 25.8 Å². The van der Waals surface area contributed by atoms with Gasteiger partial charge in [0.2, 0.25) is 0 Å². The van der Waals surface area contributed by atoms with Gasteiger partial charge in [0.05, 0.1) is 10.7 Å². The van der Waals surface area contributed by atoms with Crippen LogP contribution in [0.25, 0.3) is 0 Å². The van der Waals surface area contributed by atoms with Gasteiger partial charge in [-0.1, -0.05) is 28.9 Å². The Balaban J connectivity index is 1.47. The van der Waals surface area contributed by atoms with Crippen LogP contribution in [-0.2, 0) is 0 Å². The molecule has 1 aromatic heterocycles. The highest BCUT2D eigenvalue weighted by atomic mass is 35.5. The van der Waals surface area contributed by atoms with Crippen LogP contribution in [-0.4, -0.2) is 53.5 Å². The van der Waals surface area contributed by atoms with Gasteiger partial charge in [-0.15, -0.1) is 0 Å². The molecule has 144 valence electrons. The molecule has 5 nitrogen and oxygen atoms in total. The summed E-state index contributed by atoms with van der Waals surface area (Å²) in [4.78, 5) is 9.12. The maximum atomic E-state index is 13.0. The molecule has 7 heteroatoms. The van der Waals surface area contributed by atoms with Gasteiger partial charge in [-0.25, -0.2) is 9.37 Å². The van der Waals surface area contributed by atoms with Gasteiger partial charge in [0.15, 0.2) is 0 Å². The fourth-order valence-corrected chi connectivity index (χ4v) is 3.45. The third-order valence-corrected chi connectivity index (χ3v) is 5.03. The molecule has 0 aliphatic carbocycles. The van der Waals surface area contributed by atoms with Crippen LogP contribution in [0.5, 0.6) is 0 Å². The van der Waals surface area contributed by atoms with E-state index in [1.165, 1.54) is 12.1 Å². The average molecular weight is 391 g/mol. The SMILES string of the molecule is O/N=C(/CCCN1CCCN(c2ccc(Cl)cn2)CC1)c1ccc(F)cc1. The van der Waals surface area contributed by atoms with E-state index in [4.69, 9.17) is 11.6 Å². The van der Waals surface area contributed by atoms with E-state index in [1.54, 1.807) is 18.3 Å². The van der Waals surface area contributed by atoms with Crippen LogP contribution in [0.1, 0.15) is 24.8 Å². The molecule has 0 bridgehead atoms. The van der Waals surface area contributed by atoms with E-state index in [0.29, 0.717) is 17.2 Å². The number of benzene rings is 1. The highest BCUT2D eigenvalue weighted by molar-refractivity contribution is 6.30. The van der Waals surface area contributed by atoms with Crippen LogP contribution >= 0.6 is 11.6 Å². The number of halogens is 2. The molecule has 1 aliphatic heterocycles. The first-order valence-electron chi connectivity index (χ1n) is 9.21. The van der Waals surface area contributed by atoms with Gasteiger partial charge < -0.3 is 15.0 Å². The van der Waals surface area contributed by atoms with Crippen molar-refractivity contribution in [1.82, 2.24) is 9.88 Å². The van der Waals surface area contributed by atoms with E-state index in [0.717, 1.165) is 56.9 Å². The third-order valence-electron chi connectivity index (χ3n) is 4.81. The normalized spacial score (nSPS) is 16.4. The lowest BCUT2D eigenvalue weighted by atomic mass is 10.1. The van der Waals surface area contributed by atoms with Crippen molar-refractivity contribution in [3.8, 4) is 0 Å². The molecule has 1 saturated heterocycles. The number of hydrogen-bond donors (Lipinski definition) is 1. The quantitative estimate of drug-likeness (QED) is 0.459. The van der Waals surface area contributed by atoms with Crippen LogP contribution in [0, 0.1) is 5.82 Å². The van der Waals surface area contributed by atoms with Crippen molar-refractivity contribution in [2.45, 2.75) is 19.3 Å². The Hall–Kier alpha value is -2.18. The van der Waals surface area contributed by atoms with Crippen molar-refractivity contribution in [2.75, 3.05) is 37.6 Å². The molecule has 1 aromatic carbocycles. The number of pyridine rings is 1. The monoisotopic (exact) mass is 390 g/mol. The molecule has 1 N–H and O–H groups in total. The van der Waals surface area contributed by atoms with Crippen molar-refractivity contribution in [3.63, 3.8) is 0 Å². The van der Waals surface area contributed by atoms with Gasteiger partial charge in [0.1, 0.15) is 11.6 Å². The highest BCUT2D eigenvalue weighted by Gasteiger charge is 2.16. The number of aromatic nitrogens is 1. The second kappa shape index (κ2) is 9.67. The topological polar surface area (TPSA) is 52.0 Å². The molecular formula is C20H24ClFN4O. The molecule has 1 fully saturated rings. The summed E-state index contributed by atoms with van der Waals surface area (Å²) >= 11 is 5.92. The number of oxime groups is 1. The van der Waals surface area contributed by atoms with Gasteiger partial charge in [0.25, 0.3) is 0 Å². The third kappa shape index (κ3) is 5.65. The van der Waals surface area contributed by atoms with Crippen LogP contribution in [0.15, 0.2) is 47.8 Å². The fraction of sp³-hybridized carbons (Fsp3) is 0.400. The first-order chi connectivity index (χ1) is 13.2. The van der Waals surface area contributed by atoms with E-state index in [1.807, 2.05) is 12.1 Å². The first-order valence-corrected chi connectivity index (χ1v) is 9.59. The lowest BCUT2D eigenvalue weighted by Crippen LogP contribution is -2.31. The summed E-state index contributed by atoms with van der Waals surface area (Å²) in [5.74, 6) is 0.674. The van der Waals surface area contributed by atoms with Crippen molar-refractivity contribution >= 4 is 23.1 Å². The maximum Gasteiger partial charge on any atom is 0.128 e. The minimum Gasteiger partial charge on any atom is -0.411 e. The predicted octanol–water partition coefficient (Wildman–Crippen LogP) is 4.04. The first kappa shape index (κ1) is 19.6. The molecule has 0 radical (unpaired) electrons. The molecule has 0 unspecified atom stereocenters. The Morgan fingerprint density at radius 2 is 1.93 bits per heavy atom. The molecule has 0 spiro atoms. The number of hydrogen-bond acceptors (Lipinski definition) is 5. The molecule has 0 atom stereocenters. The largest absolute Gasteiger partial charge is 0.411 e. The zero-order chi connectivity index (χ0) is 19.1. The minimum absolute atomic E-state index is 0.291. The minimum atomic E-state index is -0.291. The smallest absolute Gasteiger partial charge is 0.128 e. The molecule has 2 aromatic rings. The summed E-state index contributed by atoms with van der Waals surface area (Å²) in [6.45, 7) is 4.83. The Bertz CT molecular complexity index is 752. The second-order valence-electron chi connectivity index (χ2n) is 6.67. The summed E-state index contributed by atoms with van der Waals surface area (Å²) in [6, 6.07) is 9.90. The van der Waals surface area contributed by atoms with Crippen LogP contribution in [0.4, 0.5) is 10.2 Å². The molecule has 2 heterocycles. The summed E-state index contributed by atoms with van der Waals surface area (Å²) < 4.78 is 13.0. The van der Waals surface area contributed by atoms with Crippen molar-refractivity contribution in [1.29, 1.82) is 0 Å². The highest BCUT2D eigenvalue weighted by Crippen LogP contribution is 2.17. The Morgan fingerprint density at radius 1 is 1.11 bits per heavy atom. The van der Waals surface area contributed by atoms with Crippen molar-refractivity contribution in [3.05, 3.63) is 59.0 Å². The summed E-state index contributed by atoms with van der Waals surface area (Å²) in [6.07, 6.45) is 4.30. The van der Waals surface area contributed by atoms with Gasteiger partial charge in [-0.3, -0.25) is 0 Å². The fourth-order valence-electron chi connectivity index (χ4n) is 3.34. The number of anilines is 1. The lowest BCUT2D eigenvalue weighted by Gasteiger charge is -2.22. The van der Waals surface area contributed by atoms with E-state index < -0.39 is 0 Å². The zero-order valence-corrected chi connectivity index (χ0v) is 15.9. The summed E-state index contributed by atoms with van der Waals surface area (Å²) in [5.41, 5.74) is 1.35. The molecule has 0 amide bonds. The average Bonchev–Trinajstić information content (AvgIpc) is 2.93. The lowest BCUT2D eigenvalue weighted by molar-refractivity contribution is 0.289. The molecular weight excluding hydrogens is 367 g/mol. The van der Waals surface area contributed by atoms with E-state index in [-0.39, 0.29) is 5.82 Å². The summed E-state index contributed by atoms with van der Waals surface area (Å²) in [7, 11) is 0. The van der Waals surface area contributed by atoms with E-state index in [2.05, 4.69) is 19.9 Å². The number of rotatable bonds is 6. The second-order valence-corrected chi connectivity index (χ2v) is 7.11. The standard InChI is InChI=1S/C20H24ClFN4O/c21-17-6-9-20(23-15-17)26-12-2-11-25(13-14-26)10-1-3-19(24-27)16-4-7-18(22)8-5-16/h4-9,15,27H,1-3,10-14H2/b24-19-. The van der Waals surface area contributed by atoms with Crippen molar-refractivity contribution in [2.24, 2.45) is 5.16 Å². The molecule has 1 aliphatic rings. The van der Waals surface area contributed by atoms with Crippen LogP contribution in [0.2, 0.25) is 5.02 Å². The Kier molecular flexibility index (Phi) is 7.01. The number of nitrogens with zero attached hydrogens (tertiary/aromatic N) is 4. The van der Waals surface area contributed by atoms with Crippen LogP contribution in [0.3, 0.4) is 0 Å². The van der Waals surface area contributed by atoms with E-state index in [9.17, 15) is 9.60 Å². The molecule has 3 rings (SSSR count). The summed E-state index contributed by atoms with van der Waals surface area (Å²) in [5, 5.41) is 13.3. The molecule has 0 saturated carbocycles. The Morgan fingerprint density at radius 3 is 2.63 bits per heavy atom. The van der Waals surface area contributed by atoms with Gasteiger partial charge >= 0.3 is 0 Å². The van der Waals surface area contributed by atoms with Crippen LogP contribution < -0.4 is 4.90 Å². The van der Waals surface area contributed by atoms with Gasteiger partial charge in [-0.2, -0.15) is 0 Å². The molecule has 27 heavy (non-hydrogen) atoms. The maximum absolute atomic E-state index is 13.0. The predicted molar refractivity (Wildman–Crippen MR) is 106 cm³/mol. The van der Waals surface area contributed by atoms with Gasteiger partial charge in [-0.05, 0) is 62.2 Å². The van der Waals surface area contributed by atoms with E-state index >= 15 is 0 Å². The zero-order valence-electron chi connectivity index (χ0n) is 15.2. The van der Waals surface area contributed by atoms with Crippen molar-refractivity contribution < 1.29 is 9.60 Å². The Labute approximate surface area is 164 Å².